The summed E-state index contributed by atoms with van der Waals surface area (Å²) in [6.45, 7) is 6.68. The Balaban J connectivity index is 1.99. The molecule has 1 unspecified atom stereocenters. The molecule has 3 nitrogen and oxygen atoms in total. The second kappa shape index (κ2) is 6.10. The Morgan fingerprint density at radius 2 is 1.61 bits per heavy atom. The molecule has 1 saturated heterocycles. The molecular formula is C19H23NO2S. The molecule has 3 rings (SSSR count). The zero-order valence-electron chi connectivity index (χ0n) is 13.9. The molecule has 0 aliphatic carbocycles. The van der Waals surface area contributed by atoms with Crippen LogP contribution in [0.15, 0.2) is 47.4 Å². The van der Waals surface area contributed by atoms with Crippen molar-refractivity contribution in [2.75, 3.05) is 6.54 Å². The van der Waals surface area contributed by atoms with Crippen LogP contribution in [0.2, 0.25) is 0 Å². The second-order valence-corrected chi connectivity index (χ2v) is 8.34. The van der Waals surface area contributed by atoms with E-state index in [1.165, 1.54) is 11.1 Å². The summed E-state index contributed by atoms with van der Waals surface area (Å²) in [7, 11) is -3.45. The van der Waals surface area contributed by atoms with Crippen molar-refractivity contribution in [3.05, 3.63) is 64.7 Å². The van der Waals surface area contributed by atoms with Crippen molar-refractivity contribution in [3.63, 3.8) is 0 Å². The Kier molecular flexibility index (Phi) is 4.30. The van der Waals surface area contributed by atoms with Gasteiger partial charge >= 0.3 is 0 Å². The SMILES string of the molecule is Cc1ccc(S(=O)(=O)N2CCCC2c2ccc(C)cc2C)cc1. The maximum absolute atomic E-state index is 13.0. The van der Waals surface area contributed by atoms with Crippen LogP contribution in [0, 0.1) is 20.8 Å². The van der Waals surface area contributed by atoms with Crippen molar-refractivity contribution < 1.29 is 8.42 Å². The number of hydrogen-bond donors (Lipinski definition) is 0. The highest BCUT2D eigenvalue weighted by molar-refractivity contribution is 7.89. The van der Waals surface area contributed by atoms with Gasteiger partial charge in [-0.15, -0.1) is 0 Å². The summed E-state index contributed by atoms with van der Waals surface area (Å²) in [5.41, 5.74) is 4.57. The molecule has 0 aromatic heterocycles. The molecule has 1 atom stereocenters. The molecule has 4 heteroatoms. The van der Waals surface area contributed by atoms with Gasteiger partial charge in [0.05, 0.1) is 10.9 Å². The van der Waals surface area contributed by atoms with Crippen LogP contribution in [-0.2, 0) is 10.0 Å². The summed E-state index contributed by atoms with van der Waals surface area (Å²) in [5.74, 6) is 0. The Labute approximate surface area is 139 Å². The van der Waals surface area contributed by atoms with E-state index in [-0.39, 0.29) is 6.04 Å². The summed E-state index contributed by atoms with van der Waals surface area (Å²) < 4.78 is 27.7. The molecule has 1 aliphatic rings. The highest BCUT2D eigenvalue weighted by Gasteiger charge is 2.36. The van der Waals surface area contributed by atoms with Gasteiger partial charge in [0, 0.05) is 6.54 Å². The van der Waals surface area contributed by atoms with Crippen LogP contribution in [0.4, 0.5) is 0 Å². The molecule has 0 spiro atoms. The van der Waals surface area contributed by atoms with E-state index in [0.29, 0.717) is 11.4 Å². The largest absolute Gasteiger partial charge is 0.243 e. The van der Waals surface area contributed by atoms with Gasteiger partial charge in [-0.05, 0) is 56.9 Å². The molecular weight excluding hydrogens is 306 g/mol. The standard InChI is InChI=1S/C19H23NO2S/c1-14-6-9-17(10-7-14)23(21,22)20-12-4-5-19(20)18-11-8-15(2)13-16(18)3/h6-11,13,19H,4-5,12H2,1-3H3. The minimum atomic E-state index is -3.45. The minimum Gasteiger partial charge on any atom is -0.207 e. The van der Waals surface area contributed by atoms with Gasteiger partial charge in [-0.25, -0.2) is 8.42 Å². The fourth-order valence-corrected chi connectivity index (χ4v) is 5.06. The van der Waals surface area contributed by atoms with Gasteiger partial charge in [-0.2, -0.15) is 4.31 Å². The summed E-state index contributed by atoms with van der Waals surface area (Å²) >= 11 is 0. The molecule has 0 radical (unpaired) electrons. The number of benzene rings is 2. The molecule has 122 valence electrons. The summed E-state index contributed by atoms with van der Waals surface area (Å²) in [4.78, 5) is 0.389. The first-order valence-electron chi connectivity index (χ1n) is 8.05. The first-order valence-corrected chi connectivity index (χ1v) is 9.49. The van der Waals surface area contributed by atoms with Gasteiger partial charge in [-0.3, -0.25) is 0 Å². The third-order valence-corrected chi connectivity index (χ3v) is 6.54. The third kappa shape index (κ3) is 3.06. The lowest BCUT2D eigenvalue weighted by Gasteiger charge is -2.26. The first kappa shape index (κ1) is 16.2. The normalized spacial score (nSPS) is 19.2. The molecule has 0 bridgehead atoms. The number of sulfonamides is 1. The van der Waals surface area contributed by atoms with Gasteiger partial charge in [0.2, 0.25) is 10.0 Å². The quantitative estimate of drug-likeness (QED) is 0.849. The molecule has 1 heterocycles. The van der Waals surface area contributed by atoms with Crippen LogP contribution in [0.25, 0.3) is 0 Å². The van der Waals surface area contributed by atoms with E-state index in [9.17, 15) is 8.42 Å². The zero-order chi connectivity index (χ0) is 16.6. The molecule has 2 aromatic rings. The third-order valence-electron chi connectivity index (χ3n) is 4.62. The van der Waals surface area contributed by atoms with E-state index in [1.807, 2.05) is 19.1 Å². The minimum absolute atomic E-state index is 0.0538. The second-order valence-electron chi connectivity index (χ2n) is 6.45. The smallest absolute Gasteiger partial charge is 0.207 e. The molecule has 1 aliphatic heterocycles. The lowest BCUT2D eigenvalue weighted by molar-refractivity contribution is 0.395. The number of rotatable bonds is 3. The zero-order valence-corrected chi connectivity index (χ0v) is 14.7. The predicted molar refractivity (Wildman–Crippen MR) is 93.0 cm³/mol. The van der Waals surface area contributed by atoms with Crippen LogP contribution in [-0.4, -0.2) is 19.3 Å². The Morgan fingerprint density at radius 3 is 2.26 bits per heavy atom. The fourth-order valence-electron chi connectivity index (χ4n) is 3.38. The summed E-state index contributed by atoms with van der Waals surface area (Å²) in [5, 5.41) is 0. The van der Waals surface area contributed by atoms with E-state index >= 15 is 0 Å². The van der Waals surface area contributed by atoms with Gasteiger partial charge in [-0.1, -0.05) is 41.5 Å². The van der Waals surface area contributed by atoms with Gasteiger partial charge < -0.3 is 0 Å². The van der Waals surface area contributed by atoms with Crippen LogP contribution < -0.4 is 0 Å². The number of hydrogen-bond acceptors (Lipinski definition) is 2. The molecule has 2 aromatic carbocycles. The number of aryl methyl sites for hydroxylation is 3. The molecule has 1 fully saturated rings. The van der Waals surface area contributed by atoms with Crippen molar-refractivity contribution >= 4 is 10.0 Å². The van der Waals surface area contributed by atoms with Crippen molar-refractivity contribution in [2.24, 2.45) is 0 Å². The summed E-state index contributed by atoms with van der Waals surface area (Å²) in [6.07, 6.45) is 1.79. The van der Waals surface area contributed by atoms with Crippen LogP contribution in [0.5, 0.6) is 0 Å². The van der Waals surface area contributed by atoms with E-state index in [4.69, 9.17) is 0 Å². The average Bonchev–Trinajstić information content (AvgIpc) is 2.97. The molecule has 0 amide bonds. The van der Waals surface area contributed by atoms with Gasteiger partial charge in [0.1, 0.15) is 0 Å². The fraction of sp³-hybridized carbons (Fsp3) is 0.368. The van der Waals surface area contributed by atoms with E-state index in [2.05, 4.69) is 32.0 Å². The maximum Gasteiger partial charge on any atom is 0.243 e. The predicted octanol–water partition coefficient (Wildman–Crippen LogP) is 4.14. The Bertz CT molecular complexity index is 810. The van der Waals surface area contributed by atoms with Crippen molar-refractivity contribution in [3.8, 4) is 0 Å². The van der Waals surface area contributed by atoms with Gasteiger partial charge in [0.25, 0.3) is 0 Å². The summed E-state index contributed by atoms with van der Waals surface area (Å²) in [6, 6.07) is 13.4. The van der Waals surface area contributed by atoms with E-state index < -0.39 is 10.0 Å². The maximum atomic E-state index is 13.0. The molecule has 0 N–H and O–H groups in total. The monoisotopic (exact) mass is 329 g/mol. The van der Waals surface area contributed by atoms with Crippen molar-refractivity contribution in [1.29, 1.82) is 0 Å². The molecule has 23 heavy (non-hydrogen) atoms. The highest BCUT2D eigenvalue weighted by Crippen LogP contribution is 2.38. The van der Waals surface area contributed by atoms with Crippen LogP contribution >= 0.6 is 0 Å². The topological polar surface area (TPSA) is 37.4 Å². The average molecular weight is 329 g/mol. The van der Waals surface area contributed by atoms with Crippen LogP contribution in [0.3, 0.4) is 0 Å². The van der Waals surface area contributed by atoms with E-state index in [1.54, 1.807) is 16.4 Å². The first-order chi connectivity index (χ1) is 10.9. The van der Waals surface area contributed by atoms with E-state index in [0.717, 1.165) is 24.0 Å². The lowest BCUT2D eigenvalue weighted by Crippen LogP contribution is -2.31. The highest BCUT2D eigenvalue weighted by atomic mass is 32.2. The Morgan fingerprint density at radius 1 is 0.957 bits per heavy atom. The lowest BCUT2D eigenvalue weighted by atomic mass is 9.98. The van der Waals surface area contributed by atoms with Crippen LogP contribution in [0.1, 0.15) is 41.1 Å². The Hall–Kier alpha value is -1.65. The van der Waals surface area contributed by atoms with Crippen molar-refractivity contribution in [1.82, 2.24) is 4.31 Å². The molecule has 0 saturated carbocycles. The van der Waals surface area contributed by atoms with Gasteiger partial charge in [0.15, 0.2) is 0 Å². The number of nitrogens with zero attached hydrogens (tertiary/aromatic N) is 1. The van der Waals surface area contributed by atoms with Crippen molar-refractivity contribution in [2.45, 2.75) is 44.6 Å².